The van der Waals surface area contributed by atoms with Crippen molar-refractivity contribution in [2.24, 2.45) is 5.10 Å². The van der Waals surface area contributed by atoms with Crippen LogP contribution in [0.3, 0.4) is 0 Å². The van der Waals surface area contributed by atoms with Crippen LogP contribution in [0, 0.1) is 0 Å². The van der Waals surface area contributed by atoms with Crippen LogP contribution in [-0.2, 0) is 6.61 Å². The number of hydrogen-bond acceptors (Lipinski definition) is 5. The number of ether oxygens (including phenoxy) is 1. The molecular weight excluding hydrogens is 458 g/mol. The summed E-state index contributed by atoms with van der Waals surface area (Å²) in [4.78, 5) is 4.61. The number of rotatable bonds is 7. The number of hydrazone groups is 1. The second-order valence-corrected chi connectivity index (χ2v) is 8.43. The maximum absolute atomic E-state index is 5.84. The molecule has 6 heteroatoms. The molecular formula is C24H20BrN3OS. The molecule has 150 valence electrons. The molecule has 0 radical (unpaired) electrons. The zero-order valence-electron chi connectivity index (χ0n) is 16.4. The average Bonchev–Trinajstić information content (AvgIpc) is 3.27. The van der Waals surface area contributed by atoms with Gasteiger partial charge in [0.1, 0.15) is 12.4 Å². The van der Waals surface area contributed by atoms with Crippen molar-refractivity contribution in [1.82, 2.24) is 4.98 Å². The second-order valence-electron chi connectivity index (χ2n) is 6.65. The highest BCUT2D eigenvalue weighted by Gasteiger charge is 2.05. The lowest BCUT2D eigenvalue weighted by Gasteiger charge is -2.07. The molecule has 4 rings (SSSR count). The van der Waals surface area contributed by atoms with E-state index in [0.717, 1.165) is 43.4 Å². The Labute approximate surface area is 188 Å². The number of thiazole rings is 1. The number of halogens is 1. The van der Waals surface area contributed by atoms with E-state index in [2.05, 4.69) is 43.6 Å². The Bertz CT molecular complexity index is 1120. The monoisotopic (exact) mass is 477 g/mol. The Kier molecular flexibility index (Phi) is 6.57. The van der Waals surface area contributed by atoms with E-state index in [1.807, 2.05) is 79.0 Å². The summed E-state index contributed by atoms with van der Waals surface area (Å²) < 4.78 is 6.89. The summed E-state index contributed by atoms with van der Waals surface area (Å²) in [6.07, 6.45) is 0. The van der Waals surface area contributed by atoms with E-state index in [4.69, 9.17) is 4.74 Å². The Hall–Kier alpha value is -2.96. The van der Waals surface area contributed by atoms with Gasteiger partial charge < -0.3 is 4.74 Å². The molecule has 0 amide bonds. The summed E-state index contributed by atoms with van der Waals surface area (Å²) in [6, 6.07) is 26.2. The number of hydrogen-bond donors (Lipinski definition) is 1. The van der Waals surface area contributed by atoms with Crippen LogP contribution in [0.25, 0.3) is 11.3 Å². The third-order valence-electron chi connectivity index (χ3n) is 4.48. The Balaban J connectivity index is 1.36. The highest BCUT2D eigenvalue weighted by molar-refractivity contribution is 9.10. The van der Waals surface area contributed by atoms with Gasteiger partial charge in [-0.05, 0) is 54.4 Å². The highest BCUT2D eigenvalue weighted by Crippen LogP contribution is 2.26. The van der Waals surface area contributed by atoms with Gasteiger partial charge in [0.2, 0.25) is 5.13 Å². The number of anilines is 1. The number of nitrogens with one attached hydrogen (secondary N) is 1. The van der Waals surface area contributed by atoms with Crippen LogP contribution in [0.1, 0.15) is 18.1 Å². The SMILES string of the molecule is CC(=NNc1nc(-c2ccc(Br)cc2)cs1)c1ccc(OCc2ccccc2)cc1. The van der Waals surface area contributed by atoms with E-state index >= 15 is 0 Å². The first-order valence-corrected chi connectivity index (χ1v) is 11.1. The summed E-state index contributed by atoms with van der Waals surface area (Å²) >= 11 is 4.99. The van der Waals surface area contributed by atoms with Crippen molar-refractivity contribution in [3.63, 3.8) is 0 Å². The Morgan fingerprint density at radius 2 is 1.73 bits per heavy atom. The van der Waals surface area contributed by atoms with E-state index in [9.17, 15) is 0 Å². The van der Waals surface area contributed by atoms with Crippen LogP contribution in [0.4, 0.5) is 5.13 Å². The zero-order valence-corrected chi connectivity index (χ0v) is 18.8. The molecule has 0 atom stereocenters. The van der Waals surface area contributed by atoms with Crippen molar-refractivity contribution in [3.05, 3.63) is 99.8 Å². The summed E-state index contributed by atoms with van der Waals surface area (Å²) in [5.41, 5.74) is 8.13. The molecule has 4 nitrogen and oxygen atoms in total. The minimum atomic E-state index is 0.555. The van der Waals surface area contributed by atoms with Crippen molar-refractivity contribution in [1.29, 1.82) is 0 Å². The third-order valence-corrected chi connectivity index (χ3v) is 5.76. The fraction of sp³-hybridized carbons (Fsp3) is 0.0833. The first-order chi connectivity index (χ1) is 14.7. The molecule has 0 fully saturated rings. The summed E-state index contributed by atoms with van der Waals surface area (Å²) in [5.74, 6) is 0.836. The van der Waals surface area contributed by atoms with Gasteiger partial charge in [0, 0.05) is 15.4 Å². The molecule has 0 saturated carbocycles. The van der Waals surface area contributed by atoms with Gasteiger partial charge in [-0.2, -0.15) is 5.10 Å². The lowest BCUT2D eigenvalue weighted by molar-refractivity contribution is 0.306. The summed E-state index contributed by atoms with van der Waals surface area (Å²) in [5, 5.41) is 7.26. The molecule has 0 bridgehead atoms. The van der Waals surface area contributed by atoms with Gasteiger partial charge in [0.05, 0.1) is 11.4 Å². The van der Waals surface area contributed by atoms with Gasteiger partial charge in [-0.3, -0.25) is 5.43 Å². The molecule has 1 heterocycles. The summed E-state index contributed by atoms with van der Waals surface area (Å²) in [6.45, 7) is 2.52. The van der Waals surface area contributed by atoms with E-state index in [1.165, 1.54) is 11.3 Å². The van der Waals surface area contributed by atoms with Gasteiger partial charge >= 0.3 is 0 Å². The van der Waals surface area contributed by atoms with E-state index in [0.29, 0.717) is 6.61 Å². The number of aromatic nitrogens is 1. The average molecular weight is 478 g/mol. The van der Waals surface area contributed by atoms with Gasteiger partial charge in [-0.15, -0.1) is 11.3 Å². The van der Waals surface area contributed by atoms with E-state index in [1.54, 1.807) is 0 Å². The minimum absolute atomic E-state index is 0.555. The molecule has 0 aliphatic heterocycles. The topological polar surface area (TPSA) is 46.5 Å². The molecule has 0 aliphatic rings. The Morgan fingerprint density at radius 3 is 2.47 bits per heavy atom. The third kappa shape index (κ3) is 5.34. The lowest BCUT2D eigenvalue weighted by Crippen LogP contribution is -2.00. The van der Waals surface area contributed by atoms with Crippen molar-refractivity contribution < 1.29 is 4.74 Å². The van der Waals surface area contributed by atoms with Crippen molar-refractivity contribution >= 4 is 38.1 Å². The zero-order chi connectivity index (χ0) is 20.8. The van der Waals surface area contributed by atoms with Gasteiger partial charge in [0.25, 0.3) is 0 Å². The van der Waals surface area contributed by atoms with Crippen LogP contribution >= 0.6 is 27.3 Å². The quantitative estimate of drug-likeness (QED) is 0.230. The lowest BCUT2D eigenvalue weighted by atomic mass is 10.1. The highest BCUT2D eigenvalue weighted by atomic mass is 79.9. The van der Waals surface area contributed by atoms with Gasteiger partial charge in [0.15, 0.2) is 0 Å². The van der Waals surface area contributed by atoms with Crippen LogP contribution < -0.4 is 10.2 Å². The first kappa shape index (κ1) is 20.3. The molecule has 4 aromatic rings. The molecule has 1 aromatic heterocycles. The predicted molar refractivity (Wildman–Crippen MR) is 128 cm³/mol. The minimum Gasteiger partial charge on any atom is -0.489 e. The molecule has 0 saturated heterocycles. The maximum Gasteiger partial charge on any atom is 0.203 e. The molecule has 0 unspecified atom stereocenters. The van der Waals surface area contributed by atoms with Crippen molar-refractivity contribution in [3.8, 4) is 17.0 Å². The van der Waals surface area contributed by atoms with E-state index in [-0.39, 0.29) is 0 Å². The molecule has 0 aliphatic carbocycles. The second kappa shape index (κ2) is 9.69. The molecule has 1 N–H and O–H groups in total. The number of benzene rings is 3. The first-order valence-electron chi connectivity index (χ1n) is 9.46. The predicted octanol–water partition coefficient (Wildman–Crippen LogP) is 6.99. The van der Waals surface area contributed by atoms with Crippen LogP contribution in [-0.4, -0.2) is 10.7 Å². The van der Waals surface area contributed by atoms with Crippen molar-refractivity contribution in [2.45, 2.75) is 13.5 Å². The van der Waals surface area contributed by atoms with Crippen LogP contribution in [0.5, 0.6) is 5.75 Å². The van der Waals surface area contributed by atoms with E-state index < -0.39 is 0 Å². The summed E-state index contributed by atoms with van der Waals surface area (Å²) in [7, 11) is 0. The maximum atomic E-state index is 5.84. The molecule has 3 aromatic carbocycles. The van der Waals surface area contributed by atoms with Crippen molar-refractivity contribution in [2.75, 3.05) is 5.43 Å². The van der Waals surface area contributed by atoms with Crippen LogP contribution in [0.15, 0.2) is 93.8 Å². The van der Waals surface area contributed by atoms with Gasteiger partial charge in [-0.1, -0.05) is 58.4 Å². The Morgan fingerprint density at radius 1 is 1.00 bits per heavy atom. The standard InChI is InChI=1S/C24H20BrN3OS/c1-17(19-9-13-22(14-10-19)29-15-18-5-3-2-4-6-18)27-28-24-26-23(16-30-24)20-7-11-21(25)12-8-20/h2-14,16H,15H2,1H3,(H,26,28). The normalized spacial score (nSPS) is 11.3. The number of nitrogens with zero attached hydrogens (tertiary/aromatic N) is 2. The fourth-order valence-corrected chi connectivity index (χ4v) is 3.73. The largest absolute Gasteiger partial charge is 0.489 e. The smallest absolute Gasteiger partial charge is 0.203 e. The molecule has 0 spiro atoms. The van der Waals surface area contributed by atoms with Gasteiger partial charge in [-0.25, -0.2) is 4.98 Å². The fourth-order valence-electron chi connectivity index (χ4n) is 2.81. The van der Waals surface area contributed by atoms with Crippen LogP contribution in [0.2, 0.25) is 0 Å². The molecule has 30 heavy (non-hydrogen) atoms.